The monoisotopic (exact) mass is 685 g/mol. The number of amides is 2. The number of carbonyl (C=O) groups is 2. The second-order valence-corrected chi connectivity index (χ2v) is 12.2. The number of hydrogen-bond donors (Lipinski definition) is 2. The molecule has 0 radical (unpaired) electrons. The van der Waals surface area contributed by atoms with Crippen LogP contribution in [0.5, 0.6) is 11.5 Å². The van der Waals surface area contributed by atoms with Crippen molar-refractivity contribution in [3.63, 3.8) is 0 Å². The molecule has 1 atom stereocenters. The van der Waals surface area contributed by atoms with Crippen LogP contribution in [0.3, 0.4) is 0 Å². The van der Waals surface area contributed by atoms with Crippen LogP contribution in [0, 0.1) is 0 Å². The third-order valence-corrected chi connectivity index (χ3v) is 8.69. The number of nitrogens with two attached hydrogens (primary N) is 2. The summed E-state index contributed by atoms with van der Waals surface area (Å²) < 4.78 is 22.7. The summed E-state index contributed by atoms with van der Waals surface area (Å²) in [5.41, 5.74) is 13.8. The average molecular weight is 687 g/mol. The fourth-order valence-electron chi connectivity index (χ4n) is 5.65. The molecule has 1 unspecified atom stereocenters. The van der Waals surface area contributed by atoms with E-state index in [0.717, 1.165) is 17.9 Å². The molecule has 0 saturated heterocycles. The Hall–Kier alpha value is -3.45. The van der Waals surface area contributed by atoms with Crippen molar-refractivity contribution in [2.75, 3.05) is 69.1 Å². The number of halogens is 2. The first-order valence-corrected chi connectivity index (χ1v) is 16.6. The number of benzene rings is 2. The Kier molecular flexibility index (Phi) is 12.7. The van der Waals surface area contributed by atoms with E-state index in [4.69, 9.17) is 53.6 Å². The number of anilines is 2. The second-order valence-electron chi connectivity index (χ2n) is 11.4. The van der Waals surface area contributed by atoms with Gasteiger partial charge in [-0.2, -0.15) is 0 Å². The number of hydrogen-bond acceptors (Lipinski definition) is 9. The van der Waals surface area contributed by atoms with E-state index in [2.05, 4.69) is 16.0 Å². The number of pyridine rings is 1. The molecule has 1 saturated carbocycles. The van der Waals surface area contributed by atoms with Crippen LogP contribution in [0.2, 0.25) is 10.0 Å². The fraction of sp³-hybridized carbons (Fsp3) is 0.441. The van der Waals surface area contributed by atoms with Crippen LogP contribution in [-0.2, 0) is 19.0 Å². The smallest absolute Gasteiger partial charge is 0.263 e. The van der Waals surface area contributed by atoms with E-state index in [1.54, 1.807) is 29.3 Å². The Labute approximate surface area is 285 Å². The topological polar surface area (TPSA) is 142 Å². The first-order valence-electron chi connectivity index (χ1n) is 15.9. The first kappa shape index (κ1) is 34.9. The van der Waals surface area contributed by atoms with Crippen molar-refractivity contribution in [2.24, 2.45) is 11.5 Å². The normalized spacial score (nSPS) is 15.0. The molecule has 47 heavy (non-hydrogen) atoms. The molecule has 1 aliphatic carbocycles. The SMILES string of the molecule is NCCOCCOCCOCCC(CC(N)=O)c1cc(Cl)c(Oc2ccncc2C(=O)N2CCN(C3CC3)c3ccccc32)cc1Cl. The molecule has 252 valence electrons. The van der Waals surface area contributed by atoms with Crippen LogP contribution in [0.4, 0.5) is 11.4 Å². The molecule has 0 bridgehead atoms. The zero-order chi connectivity index (χ0) is 33.2. The summed E-state index contributed by atoms with van der Waals surface area (Å²) in [5.74, 6) is -0.455. The molecule has 2 heterocycles. The van der Waals surface area contributed by atoms with Gasteiger partial charge in [0, 0.05) is 62.2 Å². The number of ether oxygens (including phenoxy) is 4. The summed E-state index contributed by atoms with van der Waals surface area (Å²) in [6, 6.07) is 13.4. The van der Waals surface area contributed by atoms with Crippen molar-refractivity contribution in [2.45, 2.75) is 37.6 Å². The van der Waals surface area contributed by atoms with E-state index in [1.807, 2.05) is 18.2 Å². The molecule has 4 N–H and O–H groups in total. The molecule has 0 spiro atoms. The summed E-state index contributed by atoms with van der Waals surface area (Å²) >= 11 is 13.5. The predicted molar refractivity (Wildman–Crippen MR) is 182 cm³/mol. The average Bonchev–Trinajstić information content (AvgIpc) is 3.91. The number of fused-ring (bicyclic) bond motifs is 1. The number of rotatable bonds is 18. The molecule has 1 aliphatic heterocycles. The highest BCUT2D eigenvalue weighted by Crippen LogP contribution is 2.42. The minimum absolute atomic E-state index is 0.0626. The van der Waals surface area contributed by atoms with Crippen molar-refractivity contribution >= 4 is 46.4 Å². The van der Waals surface area contributed by atoms with E-state index < -0.39 is 5.91 Å². The molecular weight excluding hydrogens is 645 g/mol. The third kappa shape index (κ3) is 9.34. The van der Waals surface area contributed by atoms with Gasteiger partial charge in [0.2, 0.25) is 5.91 Å². The maximum atomic E-state index is 14.0. The molecule has 2 amide bonds. The van der Waals surface area contributed by atoms with E-state index in [0.29, 0.717) is 87.1 Å². The van der Waals surface area contributed by atoms with Crippen molar-refractivity contribution in [1.82, 2.24) is 4.98 Å². The van der Waals surface area contributed by atoms with Gasteiger partial charge >= 0.3 is 0 Å². The van der Waals surface area contributed by atoms with Gasteiger partial charge in [-0.3, -0.25) is 14.6 Å². The molecule has 3 aromatic rings. The molecule has 1 fully saturated rings. The number of primary amides is 1. The summed E-state index contributed by atoms with van der Waals surface area (Å²) in [7, 11) is 0. The minimum atomic E-state index is -0.470. The van der Waals surface area contributed by atoms with Gasteiger partial charge in [-0.05, 0) is 55.0 Å². The Balaban J connectivity index is 1.25. The van der Waals surface area contributed by atoms with Gasteiger partial charge in [0.05, 0.1) is 49.4 Å². The molecular formula is C34H41Cl2N5O6. The summed E-state index contributed by atoms with van der Waals surface area (Å²) in [6.07, 6.45) is 5.94. The molecule has 2 aromatic carbocycles. The van der Waals surface area contributed by atoms with Gasteiger partial charge in [0.1, 0.15) is 17.1 Å². The van der Waals surface area contributed by atoms with E-state index in [1.165, 1.54) is 19.0 Å². The van der Waals surface area contributed by atoms with Crippen molar-refractivity contribution < 1.29 is 28.5 Å². The Morgan fingerprint density at radius 1 is 0.894 bits per heavy atom. The number of nitrogens with zero attached hydrogens (tertiary/aromatic N) is 3. The van der Waals surface area contributed by atoms with Crippen LogP contribution >= 0.6 is 23.2 Å². The van der Waals surface area contributed by atoms with Crippen LogP contribution < -0.4 is 26.0 Å². The van der Waals surface area contributed by atoms with Crippen LogP contribution in [0.15, 0.2) is 54.9 Å². The summed E-state index contributed by atoms with van der Waals surface area (Å²) in [5, 5.41) is 0.618. The molecule has 11 nitrogen and oxygen atoms in total. The fourth-order valence-corrected chi connectivity index (χ4v) is 6.17. The zero-order valence-electron chi connectivity index (χ0n) is 26.2. The van der Waals surface area contributed by atoms with Gasteiger partial charge in [-0.1, -0.05) is 35.3 Å². The van der Waals surface area contributed by atoms with Crippen molar-refractivity contribution in [3.8, 4) is 11.5 Å². The van der Waals surface area contributed by atoms with Gasteiger partial charge in [-0.25, -0.2) is 0 Å². The lowest BCUT2D eigenvalue weighted by Gasteiger charge is -2.38. The lowest BCUT2D eigenvalue weighted by molar-refractivity contribution is -0.118. The minimum Gasteiger partial charge on any atom is -0.455 e. The highest BCUT2D eigenvalue weighted by molar-refractivity contribution is 6.34. The number of para-hydroxylation sites is 2. The number of aromatic nitrogens is 1. The maximum Gasteiger partial charge on any atom is 0.263 e. The van der Waals surface area contributed by atoms with E-state index in [9.17, 15) is 9.59 Å². The Bertz CT molecular complexity index is 1520. The van der Waals surface area contributed by atoms with Crippen molar-refractivity contribution in [1.29, 1.82) is 0 Å². The second kappa shape index (κ2) is 17.1. The largest absolute Gasteiger partial charge is 0.455 e. The molecule has 5 rings (SSSR count). The summed E-state index contributed by atoms with van der Waals surface area (Å²) in [6.45, 7) is 4.35. The van der Waals surface area contributed by atoms with Gasteiger partial charge in [-0.15, -0.1) is 0 Å². The molecule has 13 heteroatoms. The van der Waals surface area contributed by atoms with Gasteiger partial charge in [0.15, 0.2) is 0 Å². The van der Waals surface area contributed by atoms with E-state index >= 15 is 0 Å². The van der Waals surface area contributed by atoms with Crippen LogP contribution in [-0.4, -0.2) is 82.1 Å². The standard InChI is InChI=1S/C34H41Cl2N5O6/c35-27-21-32(28(36)20-25(27)23(19-33(38)42)8-13-44-15-17-46-18-16-45-14-9-37)47-31-7-10-39-22-26(31)34(43)41-12-11-40(24-5-6-24)29-3-1-2-4-30(29)41/h1-4,7,10,20-24H,5-6,8-9,11-19,37H2,(H2,38,42). The highest BCUT2D eigenvalue weighted by Gasteiger charge is 2.36. The van der Waals surface area contributed by atoms with Crippen LogP contribution in [0.25, 0.3) is 0 Å². The van der Waals surface area contributed by atoms with Crippen LogP contribution in [0.1, 0.15) is 47.5 Å². The predicted octanol–water partition coefficient (Wildman–Crippen LogP) is 5.17. The van der Waals surface area contributed by atoms with E-state index in [-0.39, 0.29) is 29.0 Å². The maximum absolute atomic E-state index is 14.0. The Morgan fingerprint density at radius 2 is 1.60 bits per heavy atom. The molecule has 2 aliphatic rings. The third-order valence-electron chi connectivity index (χ3n) is 8.07. The lowest BCUT2D eigenvalue weighted by atomic mass is 9.92. The van der Waals surface area contributed by atoms with Gasteiger partial charge in [0.25, 0.3) is 5.91 Å². The zero-order valence-corrected chi connectivity index (χ0v) is 27.8. The van der Waals surface area contributed by atoms with Crippen molar-refractivity contribution in [3.05, 3.63) is 76.0 Å². The quantitative estimate of drug-likeness (QED) is 0.173. The Morgan fingerprint density at radius 3 is 2.30 bits per heavy atom. The highest BCUT2D eigenvalue weighted by atomic mass is 35.5. The summed E-state index contributed by atoms with van der Waals surface area (Å²) in [4.78, 5) is 34.3. The number of carbonyl (C=O) groups excluding carboxylic acids is 2. The lowest BCUT2D eigenvalue weighted by Crippen LogP contribution is -2.45. The first-order chi connectivity index (χ1) is 22.9. The molecule has 1 aromatic heterocycles. The van der Waals surface area contributed by atoms with Gasteiger partial charge < -0.3 is 40.2 Å².